The summed E-state index contributed by atoms with van der Waals surface area (Å²) in [6, 6.07) is 8.32. The molecular weight excluding hydrogens is 198 g/mol. The summed E-state index contributed by atoms with van der Waals surface area (Å²) in [6.07, 6.45) is 1.02. The molecule has 1 atom stereocenters. The lowest BCUT2D eigenvalue weighted by Gasteiger charge is -2.31. The van der Waals surface area contributed by atoms with Gasteiger partial charge >= 0.3 is 0 Å². The Kier molecular flexibility index (Phi) is 4.36. The van der Waals surface area contributed by atoms with Gasteiger partial charge in [0.1, 0.15) is 5.75 Å². The van der Waals surface area contributed by atoms with Crippen LogP contribution in [0.15, 0.2) is 24.3 Å². The molecule has 0 spiro atoms. The molecule has 1 aromatic rings. The summed E-state index contributed by atoms with van der Waals surface area (Å²) in [7, 11) is 1.69. The van der Waals surface area contributed by atoms with E-state index < -0.39 is 0 Å². The van der Waals surface area contributed by atoms with E-state index in [9.17, 15) is 0 Å². The average molecular weight is 221 g/mol. The maximum atomic E-state index is 5.69. The smallest absolute Gasteiger partial charge is 0.118 e. The fourth-order valence-electron chi connectivity index (χ4n) is 2.10. The first-order chi connectivity index (χ1) is 7.49. The fraction of sp³-hybridized carbons (Fsp3) is 0.571. The zero-order chi connectivity index (χ0) is 12.2. The van der Waals surface area contributed by atoms with Crippen molar-refractivity contribution in [1.29, 1.82) is 0 Å². The van der Waals surface area contributed by atoms with Crippen molar-refractivity contribution in [3.63, 3.8) is 0 Å². The van der Waals surface area contributed by atoms with Crippen LogP contribution in [0.5, 0.6) is 5.75 Å². The predicted octanol–water partition coefficient (Wildman–Crippen LogP) is 3.17. The van der Waals surface area contributed by atoms with Crippen LogP contribution in [0.4, 0.5) is 0 Å². The molecule has 0 bridgehead atoms. The van der Waals surface area contributed by atoms with E-state index >= 15 is 0 Å². The third-order valence-electron chi connectivity index (χ3n) is 3.02. The molecule has 16 heavy (non-hydrogen) atoms. The molecule has 1 aromatic carbocycles. The van der Waals surface area contributed by atoms with Crippen LogP contribution >= 0.6 is 0 Å². The van der Waals surface area contributed by atoms with Gasteiger partial charge in [-0.25, -0.2) is 0 Å². The molecular formula is C14H23NO. The van der Waals surface area contributed by atoms with Crippen molar-refractivity contribution in [2.24, 2.45) is 11.1 Å². The molecule has 0 aromatic heterocycles. The molecule has 2 N–H and O–H groups in total. The van der Waals surface area contributed by atoms with Gasteiger partial charge in [0.25, 0.3) is 0 Å². The zero-order valence-corrected chi connectivity index (χ0v) is 10.8. The monoisotopic (exact) mass is 221 g/mol. The third-order valence-corrected chi connectivity index (χ3v) is 3.02. The van der Waals surface area contributed by atoms with Gasteiger partial charge in [-0.3, -0.25) is 0 Å². The first-order valence-electron chi connectivity index (χ1n) is 5.83. The minimum atomic E-state index is 0.244. The molecule has 0 saturated heterocycles. The summed E-state index contributed by atoms with van der Waals surface area (Å²) in [5.41, 5.74) is 7.28. The molecule has 0 aliphatic heterocycles. The highest BCUT2D eigenvalue weighted by atomic mass is 16.5. The number of nitrogens with two attached hydrogens (primary N) is 1. The molecule has 1 rings (SSSR count). The lowest BCUT2D eigenvalue weighted by molar-refractivity contribution is 0.307. The summed E-state index contributed by atoms with van der Waals surface area (Å²) >= 11 is 0. The molecule has 0 amide bonds. The molecule has 0 saturated carbocycles. The Hall–Kier alpha value is -1.02. The van der Waals surface area contributed by atoms with E-state index in [4.69, 9.17) is 10.5 Å². The van der Waals surface area contributed by atoms with Crippen LogP contribution in [-0.4, -0.2) is 13.7 Å². The largest absolute Gasteiger partial charge is 0.497 e. The van der Waals surface area contributed by atoms with Crippen LogP contribution in [0.1, 0.15) is 38.7 Å². The first-order valence-corrected chi connectivity index (χ1v) is 5.83. The Balaban J connectivity index is 2.93. The van der Waals surface area contributed by atoms with Gasteiger partial charge in [0.15, 0.2) is 0 Å². The molecule has 0 radical (unpaired) electrons. The van der Waals surface area contributed by atoms with E-state index in [1.165, 1.54) is 5.56 Å². The second-order valence-electron chi connectivity index (χ2n) is 5.27. The van der Waals surface area contributed by atoms with Crippen molar-refractivity contribution in [3.05, 3.63) is 29.8 Å². The Bertz CT molecular complexity index is 311. The van der Waals surface area contributed by atoms with Crippen molar-refractivity contribution in [2.45, 2.75) is 33.1 Å². The fourth-order valence-corrected chi connectivity index (χ4v) is 2.10. The van der Waals surface area contributed by atoms with Crippen molar-refractivity contribution >= 4 is 0 Å². The third kappa shape index (κ3) is 3.24. The minimum Gasteiger partial charge on any atom is -0.497 e. The zero-order valence-electron chi connectivity index (χ0n) is 10.8. The van der Waals surface area contributed by atoms with Crippen LogP contribution in [0.3, 0.4) is 0 Å². The van der Waals surface area contributed by atoms with Crippen LogP contribution in [0, 0.1) is 5.41 Å². The standard InChI is InChI=1S/C14H23NO/c1-14(2,3)13(9-10-15)11-5-7-12(16-4)8-6-11/h5-8,13H,9-10,15H2,1-4H3. The number of ether oxygens (including phenoxy) is 1. The predicted molar refractivity (Wildman–Crippen MR) is 68.9 cm³/mol. The van der Waals surface area contributed by atoms with Gasteiger partial charge in [-0.05, 0) is 42.0 Å². The highest BCUT2D eigenvalue weighted by molar-refractivity contribution is 5.30. The van der Waals surface area contributed by atoms with Crippen molar-refractivity contribution in [2.75, 3.05) is 13.7 Å². The van der Waals surface area contributed by atoms with E-state index in [0.29, 0.717) is 5.92 Å². The second-order valence-corrected chi connectivity index (χ2v) is 5.27. The first kappa shape index (κ1) is 13.0. The highest BCUT2D eigenvalue weighted by Crippen LogP contribution is 2.37. The SMILES string of the molecule is COc1ccc(C(CCN)C(C)(C)C)cc1. The van der Waals surface area contributed by atoms with Crippen LogP contribution in [0.2, 0.25) is 0 Å². The van der Waals surface area contributed by atoms with Gasteiger partial charge < -0.3 is 10.5 Å². The van der Waals surface area contributed by atoms with Crippen LogP contribution in [-0.2, 0) is 0 Å². The Morgan fingerprint density at radius 3 is 2.12 bits per heavy atom. The van der Waals surface area contributed by atoms with E-state index in [2.05, 4.69) is 32.9 Å². The van der Waals surface area contributed by atoms with Gasteiger partial charge in [0, 0.05) is 0 Å². The van der Waals surface area contributed by atoms with E-state index in [0.717, 1.165) is 18.7 Å². The van der Waals surface area contributed by atoms with Gasteiger partial charge in [-0.15, -0.1) is 0 Å². The topological polar surface area (TPSA) is 35.2 Å². The molecule has 0 heterocycles. The van der Waals surface area contributed by atoms with E-state index in [1.54, 1.807) is 7.11 Å². The molecule has 0 aliphatic rings. The van der Waals surface area contributed by atoms with Gasteiger partial charge in [-0.1, -0.05) is 32.9 Å². The summed E-state index contributed by atoms with van der Waals surface area (Å²) < 4.78 is 5.17. The summed E-state index contributed by atoms with van der Waals surface area (Å²) in [4.78, 5) is 0. The molecule has 0 fully saturated rings. The maximum Gasteiger partial charge on any atom is 0.118 e. The quantitative estimate of drug-likeness (QED) is 0.847. The Morgan fingerprint density at radius 1 is 1.19 bits per heavy atom. The van der Waals surface area contributed by atoms with Crippen molar-refractivity contribution in [1.82, 2.24) is 0 Å². The van der Waals surface area contributed by atoms with Gasteiger partial charge in [0.05, 0.1) is 7.11 Å². The molecule has 1 unspecified atom stereocenters. The summed E-state index contributed by atoms with van der Waals surface area (Å²) in [5.74, 6) is 1.41. The van der Waals surface area contributed by atoms with Gasteiger partial charge in [0.2, 0.25) is 0 Å². The van der Waals surface area contributed by atoms with Crippen molar-refractivity contribution in [3.8, 4) is 5.75 Å². The second kappa shape index (κ2) is 5.35. The van der Waals surface area contributed by atoms with Crippen LogP contribution < -0.4 is 10.5 Å². The number of methoxy groups -OCH3 is 1. The summed E-state index contributed by atoms with van der Waals surface area (Å²) in [5, 5.41) is 0. The van der Waals surface area contributed by atoms with Crippen molar-refractivity contribution < 1.29 is 4.74 Å². The van der Waals surface area contributed by atoms with E-state index in [1.807, 2.05) is 12.1 Å². The number of rotatable bonds is 4. The minimum absolute atomic E-state index is 0.244. The van der Waals surface area contributed by atoms with Crippen LogP contribution in [0.25, 0.3) is 0 Å². The molecule has 2 nitrogen and oxygen atoms in total. The molecule has 0 aliphatic carbocycles. The van der Waals surface area contributed by atoms with E-state index in [-0.39, 0.29) is 5.41 Å². The Morgan fingerprint density at radius 2 is 1.75 bits per heavy atom. The Labute approximate surface area is 98.8 Å². The average Bonchev–Trinajstić information content (AvgIpc) is 2.25. The number of benzene rings is 1. The molecule has 90 valence electrons. The maximum absolute atomic E-state index is 5.69. The summed E-state index contributed by atoms with van der Waals surface area (Å²) in [6.45, 7) is 7.51. The lowest BCUT2D eigenvalue weighted by atomic mass is 9.75. The highest BCUT2D eigenvalue weighted by Gasteiger charge is 2.25. The number of hydrogen-bond donors (Lipinski definition) is 1. The lowest BCUT2D eigenvalue weighted by Crippen LogP contribution is -2.21. The molecule has 2 heteroatoms. The van der Waals surface area contributed by atoms with Gasteiger partial charge in [-0.2, -0.15) is 0 Å². The number of hydrogen-bond acceptors (Lipinski definition) is 2. The normalized spacial score (nSPS) is 13.6.